The number of halogens is 1. The van der Waals surface area contributed by atoms with E-state index in [0.29, 0.717) is 23.4 Å². The number of benzene rings is 1. The van der Waals surface area contributed by atoms with Crippen molar-refractivity contribution in [3.63, 3.8) is 0 Å². The van der Waals surface area contributed by atoms with Gasteiger partial charge in [0.1, 0.15) is 17.4 Å². The summed E-state index contributed by atoms with van der Waals surface area (Å²) in [5.41, 5.74) is 2.44. The average Bonchev–Trinajstić information content (AvgIpc) is 2.93. The number of hydrogen-bond donors (Lipinski definition) is 0. The molecule has 0 amide bonds. The van der Waals surface area contributed by atoms with Crippen LogP contribution in [0.3, 0.4) is 0 Å². The molecule has 2 aromatic rings. The first-order chi connectivity index (χ1) is 8.26. The van der Waals surface area contributed by atoms with Crippen molar-refractivity contribution in [3.8, 4) is 6.07 Å². The Morgan fingerprint density at radius 2 is 2.35 bits per heavy atom. The maximum atomic E-state index is 9.08. The van der Waals surface area contributed by atoms with E-state index < -0.39 is 0 Å². The summed E-state index contributed by atoms with van der Waals surface area (Å²) in [6.07, 6.45) is 1.17. The van der Waals surface area contributed by atoms with Crippen LogP contribution < -0.4 is 0 Å². The fourth-order valence-corrected chi connectivity index (χ4v) is 2.57. The van der Waals surface area contributed by atoms with Crippen LogP contribution in [0.4, 0.5) is 0 Å². The maximum absolute atomic E-state index is 9.08. The van der Waals surface area contributed by atoms with Gasteiger partial charge in [-0.15, -0.1) is 11.6 Å². The van der Waals surface area contributed by atoms with Crippen molar-refractivity contribution in [2.45, 2.75) is 25.3 Å². The zero-order valence-corrected chi connectivity index (χ0v) is 10.3. The molecule has 17 heavy (non-hydrogen) atoms. The van der Waals surface area contributed by atoms with Crippen LogP contribution in [0.15, 0.2) is 18.2 Å². The summed E-state index contributed by atoms with van der Waals surface area (Å²) in [5.74, 6) is 1.95. The summed E-state index contributed by atoms with van der Waals surface area (Å²) < 4.78 is 2.20. The van der Waals surface area contributed by atoms with Crippen molar-refractivity contribution < 1.29 is 0 Å². The fourth-order valence-electron chi connectivity index (χ4n) is 2.38. The summed E-state index contributed by atoms with van der Waals surface area (Å²) in [6.45, 7) is 2.22. The Morgan fingerprint density at radius 3 is 2.94 bits per heavy atom. The molecular formula is C13H12ClN3. The minimum atomic E-state index is 0.392. The SMILES string of the molecule is CC1CC1n1c(CCl)nc2c(C#N)cccc21. The van der Waals surface area contributed by atoms with Gasteiger partial charge in [-0.25, -0.2) is 4.98 Å². The molecule has 2 unspecified atom stereocenters. The third kappa shape index (κ3) is 1.52. The number of fused-ring (bicyclic) bond motifs is 1. The van der Waals surface area contributed by atoms with Crippen molar-refractivity contribution >= 4 is 22.6 Å². The van der Waals surface area contributed by atoms with Crippen LogP contribution in [0.25, 0.3) is 11.0 Å². The quantitative estimate of drug-likeness (QED) is 0.763. The number of imidazole rings is 1. The Morgan fingerprint density at radius 1 is 1.59 bits per heavy atom. The first-order valence-corrected chi connectivity index (χ1v) is 6.25. The molecule has 1 aromatic heterocycles. The molecular weight excluding hydrogens is 234 g/mol. The Bertz CT molecular complexity index is 623. The molecule has 1 aliphatic rings. The molecule has 3 nitrogen and oxygen atoms in total. The molecule has 0 spiro atoms. The monoisotopic (exact) mass is 245 g/mol. The lowest BCUT2D eigenvalue weighted by atomic mass is 10.2. The van der Waals surface area contributed by atoms with Crippen molar-refractivity contribution in [2.75, 3.05) is 0 Å². The van der Waals surface area contributed by atoms with Gasteiger partial charge in [-0.1, -0.05) is 13.0 Å². The van der Waals surface area contributed by atoms with E-state index in [9.17, 15) is 0 Å². The minimum Gasteiger partial charge on any atom is -0.324 e. The molecule has 0 radical (unpaired) electrons. The summed E-state index contributed by atoms with van der Waals surface area (Å²) in [7, 11) is 0. The lowest BCUT2D eigenvalue weighted by Crippen LogP contribution is -2.00. The lowest BCUT2D eigenvalue weighted by Gasteiger charge is -2.05. The Labute approximate surface area is 105 Å². The molecule has 3 rings (SSSR count). The van der Waals surface area contributed by atoms with Crippen LogP contribution in [0.5, 0.6) is 0 Å². The van der Waals surface area contributed by atoms with E-state index in [1.165, 1.54) is 6.42 Å². The molecule has 1 saturated carbocycles. The molecule has 2 atom stereocenters. The largest absolute Gasteiger partial charge is 0.324 e. The van der Waals surface area contributed by atoms with E-state index in [2.05, 4.69) is 22.5 Å². The lowest BCUT2D eigenvalue weighted by molar-refractivity contribution is 0.678. The molecule has 0 saturated heterocycles. The van der Waals surface area contributed by atoms with Crippen LogP contribution in [0, 0.1) is 17.2 Å². The molecule has 0 aliphatic heterocycles. The van der Waals surface area contributed by atoms with Gasteiger partial charge in [0.25, 0.3) is 0 Å². The van der Waals surface area contributed by atoms with Crippen molar-refractivity contribution in [2.24, 2.45) is 5.92 Å². The Kier molecular flexibility index (Phi) is 2.34. The predicted molar refractivity (Wildman–Crippen MR) is 66.8 cm³/mol. The van der Waals surface area contributed by atoms with Gasteiger partial charge in [0.2, 0.25) is 0 Å². The third-order valence-electron chi connectivity index (χ3n) is 3.43. The molecule has 0 N–H and O–H groups in total. The second-order valence-corrected chi connectivity index (χ2v) is 4.86. The van der Waals surface area contributed by atoms with Gasteiger partial charge in [-0.05, 0) is 24.5 Å². The van der Waals surface area contributed by atoms with Gasteiger partial charge in [-0.2, -0.15) is 5.26 Å². The molecule has 0 bridgehead atoms. The second-order valence-electron chi connectivity index (χ2n) is 4.60. The van der Waals surface area contributed by atoms with Gasteiger partial charge < -0.3 is 4.57 Å². The zero-order valence-electron chi connectivity index (χ0n) is 9.52. The predicted octanol–water partition coefficient (Wildman–Crippen LogP) is 3.23. The van der Waals surface area contributed by atoms with E-state index in [0.717, 1.165) is 16.9 Å². The van der Waals surface area contributed by atoms with Crippen LogP contribution in [-0.4, -0.2) is 9.55 Å². The standard InChI is InChI=1S/C13H12ClN3/c1-8-5-11(8)17-10-4-2-3-9(7-15)13(10)16-12(17)6-14/h2-4,8,11H,5-6H2,1H3. The van der Waals surface area contributed by atoms with Gasteiger partial charge in [0, 0.05) is 6.04 Å². The van der Waals surface area contributed by atoms with Crippen molar-refractivity contribution in [3.05, 3.63) is 29.6 Å². The number of nitriles is 1. The highest BCUT2D eigenvalue weighted by atomic mass is 35.5. The smallest absolute Gasteiger partial charge is 0.125 e. The van der Waals surface area contributed by atoms with E-state index in [1.54, 1.807) is 6.07 Å². The topological polar surface area (TPSA) is 41.6 Å². The summed E-state index contributed by atoms with van der Waals surface area (Å²) in [6, 6.07) is 8.41. The normalized spacial score (nSPS) is 22.6. The van der Waals surface area contributed by atoms with Crippen molar-refractivity contribution in [1.29, 1.82) is 5.26 Å². The van der Waals surface area contributed by atoms with E-state index in [4.69, 9.17) is 16.9 Å². The highest BCUT2D eigenvalue weighted by Crippen LogP contribution is 2.45. The van der Waals surface area contributed by atoms with Crippen LogP contribution in [0.1, 0.15) is 30.8 Å². The zero-order chi connectivity index (χ0) is 12.0. The number of aromatic nitrogens is 2. The molecule has 86 valence electrons. The molecule has 4 heteroatoms. The van der Waals surface area contributed by atoms with E-state index in [1.807, 2.05) is 12.1 Å². The maximum Gasteiger partial charge on any atom is 0.125 e. The van der Waals surface area contributed by atoms with E-state index >= 15 is 0 Å². The molecule has 1 aliphatic carbocycles. The summed E-state index contributed by atoms with van der Waals surface area (Å²) in [5, 5.41) is 9.08. The second kappa shape index (κ2) is 3.75. The molecule has 1 heterocycles. The Balaban J connectivity index is 2.29. The fraction of sp³-hybridized carbons (Fsp3) is 0.385. The number of hydrogen-bond acceptors (Lipinski definition) is 2. The van der Waals surface area contributed by atoms with Crippen LogP contribution >= 0.6 is 11.6 Å². The summed E-state index contributed by atoms with van der Waals surface area (Å²) >= 11 is 5.95. The third-order valence-corrected chi connectivity index (χ3v) is 3.67. The van der Waals surface area contributed by atoms with Crippen molar-refractivity contribution in [1.82, 2.24) is 9.55 Å². The first-order valence-electron chi connectivity index (χ1n) is 5.72. The molecule has 1 aromatic carbocycles. The highest BCUT2D eigenvalue weighted by Gasteiger charge is 2.36. The molecule has 1 fully saturated rings. The van der Waals surface area contributed by atoms with Gasteiger partial charge in [-0.3, -0.25) is 0 Å². The first kappa shape index (κ1) is 10.6. The van der Waals surface area contributed by atoms with Crippen LogP contribution in [-0.2, 0) is 5.88 Å². The van der Waals surface area contributed by atoms with Gasteiger partial charge >= 0.3 is 0 Å². The highest BCUT2D eigenvalue weighted by molar-refractivity contribution is 6.16. The number of rotatable bonds is 2. The van der Waals surface area contributed by atoms with Crippen LogP contribution in [0.2, 0.25) is 0 Å². The average molecular weight is 246 g/mol. The van der Waals surface area contributed by atoms with E-state index in [-0.39, 0.29) is 0 Å². The van der Waals surface area contributed by atoms with Gasteiger partial charge in [0.05, 0.1) is 17.0 Å². The van der Waals surface area contributed by atoms with Gasteiger partial charge in [0.15, 0.2) is 0 Å². The number of alkyl halides is 1. The Hall–Kier alpha value is -1.53. The number of para-hydroxylation sites is 1. The number of nitrogens with zero attached hydrogens (tertiary/aromatic N) is 3. The summed E-state index contributed by atoms with van der Waals surface area (Å²) in [4.78, 5) is 4.51. The minimum absolute atomic E-state index is 0.392.